The third-order valence-electron chi connectivity index (χ3n) is 7.18. The number of thiazole rings is 2. The largest absolute Gasteiger partial charge is 0.390 e. The standard InChI is InChI=1S/C31H35N5O3S2/c1-20-18-40-28(33-20)17-32-16-27(37)25(14-22-8-4-3-5-9-22)35-29(38)23-10-6-11-24(15-23)31(39)36-13-7-12-26(36)30-34-21(2)19-41-30/h3-6,8-11,15,18-19,25-27,32,37H,7,12-14,16-17H2,1-2H3,(H,35,38)/t25-,26?,27+/m0/s1. The fraction of sp³-hybridized carbons (Fsp3) is 0.355. The quantitative estimate of drug-likeness (QED) is 0.234. The molecule has 0 aliphatic carbocycles. The monoisotopic (exact) mass is 589 g/mol. The summed E-state index contributed by atoms with van der Waals surface area (Å²) in [7, 11) is 0. The number of carbonyl (C=O) groups is 2. The predicted octanol–water partition coefficient (Wildman–Crippen LogP) is 4.69. The van der Waals surface area contributed by atoms with Crippen LogP contribution in [0.3, 0.4) is 0 Å². The van der Waals surface area contributed by atoms with Gasteiger partial charge in [-0.2, -0.15) is 0 Å². The first-order valence-electron chi connectivity index (χ1n) is 13.8. The van der Waals surface area contributed by atoms with E-state index in [1.54, 1.807) is 46.9 Å². The second kappa shape index (κ2) is 13.5. The normalized spacial score (nSPS) is 16.5. The van der Waals surface area contributed by atoms with Gasteiger partial charge in [0.15, 0.2) is 0 Å². The molecular weight excluding hydrogens is 555 g/mol. The lowest BCUT2D eigenvalue weighted by Crippen LogP contribution is -2.48. The minimum absolute atomic E-state index is 0.0372. The molecule has 1 fully saturated rings. The minimum Gasteiger partial charge on any atom is -0.390 e. The van der Waals surface area contributed by atoms with Gasteiger partial charge in [-0.3, -0.25) is 9.59 Å². The Hall–Kier alpha value is -3.44. The molecule has 0 bridgehead atoms. The van der Waals surface area contributed by atoms with E-state index in [4.69, 9.17) is 0 Å². The fourth-order valence-corrected chi connectivity index (χ4v) is 6.79. The zero-order valence-corrected chi connectivity index (χ0v) is 24.9. The van der Waals surface area contributed by atoms with Crippen molar-refractivity contribution in [2.24, 2.45) is 0 Å². The lowest BCUT2D eigenvalue weighted by molar-refractivity contribution is 0.0735. The molecular formula is C31H35N5O3S2. The van der Waals surface area contributed by atoms with Crippen molar-refractivity contribution in [3.63, 3.8) is 0 Å². The number of aliphatic hydroxyl groups is 1. The summed E-state index contributed by atoms with van der Waals surface area (Å²) >= 11 is 3.16. The maximum atomic E-state index is 13.5. The average Bonchev–Trinajstić information content (AvgIpc) is 3.74. The minimum atomic E-state index is -0.836. The highest BCUT2D eigenvalue weighted by Gasteiger charge is 2.33. The summed E-state index contributed by atoms with van der Waals surface area (Å²) in [5.74, 6) is -0.429. The Bertz CT molecular complexity index is 1470. The van der Waals surface area contributed by atoms with Crippen molar-refractivity contribution in [2.75, 3.05) is 13.1 Å². The van der Waals surface area contributed by atoms with Gasteiger partial charge < -0.3 is 20.6 Å². The van der Waals surface area contributed by atoms with Crippen molar-refractivity contribution < 1.29 is 14.7 Å². The van der Waals surface area contributed by atoms with Crippen molar-refractivity contribution in [1.29, 1.82) is 0 Å². The lowest BCUT2D eigenvalue weighted by atomic mass is 10.00. The van der Waals surface area contributed by atoms with Crippen molar-refractivity contribution in [3.05, 3.63) is 103 Å². The van der Waals surface area contributed by atoms with Gasteiger partial charge in [0.2, 0.25) is 0 Å². The molecule has 8 nitrogen and oxygen atoms in total. The molecule has 0 spiro atoms. The third kappa shape index (κ3) is 7.45. The van der Waals surface area contributed by atoms with Crippen molar-refractivity contribution in [2.45, 2.75) is 57.8 Å². The summed E-state index contributed by atoms with van der Waals surface area (Å²) in [5, 5.41) is 23.3. The van der Waals surface area contributed by atoms with Crippen LogP contribution in [-0.4, -0.2) is 57.0 Å². The number of hydrogen-bond donors (Lipinski definition) is 3. The van der Waals surface area contributed by atoms with E-state index < -0.39 is 12.1 Å². The summed E-state index contributed by atoms with van der Waals surface area (Å²) in [6.07, 6.45) is 1.43. The smallest absolute Gasteiger partial charge is 0.254 e. The zero-order valence-electron chi connectivity index (χ0n) is 23.2. The van der Waals surface area contributed by atoms with Crippen molar-refractivity contribution >= 4 is 34.5 Å². The molecule has 1 aliphatic heterocycles. The van der Waals surface area contributed by atoms with Crippen LogP contribution in [0.5, 0.6) is 0 Å². The van der Waals surface area contributed by atoms with Crippen LogP contribution >= 0.6 is 22.7 Å². The number of nitrogens with zero attached hydrogens (tertiary/aromatic N) is 3. The van der Waals surface area contributed by atoms with Crippen LogP contribution in [0.4, 0.5) is 0 Å². The highest BCUT2D eigenvalue weighted by Crippen LogP contribution is 2.34. The molecule has 3 N–H and O–H groups in total. The van der Waals surface area contributed by atoms with Crippen LogP contribution in [-0.2, 0) is 13.0 Å². The molecule has 41 heavy (non-hydrogen) atoms. The van der Waals surface area contributed by atoms with Gasteiger partial charge in [-0.15, -0.1) is 22.7 Å². The SMILES string of the molecule is Cc1csc(CNC[C@@H](O)[C@H](Cc2ccccc2)NC(=O)c2cccc(C(=O)N3CCCC3c3nc(C)cs3)c2)n1. The number of benzene rings is 2. The molecule has 4 aromatic rings. The Morgan fingerprint density at radius 2 is 1.78 bits per heavy atom. The molecule has 10 heteroatoms. The zero-order chi connectivity index (χ0) is 28.8. The van der Waals surface area contributed by atoms with E-state index in [9.17, 15) is 14.7 Å². The number of aromatic nitrogens is 2. The third-order valence-corrected chi connectivity index (χ3v) is 9.21. The molecule has 2 aromatic heterocycles. The Kier molecular flexibility index (Phi) is 9.56. The number of hydrogen-bond acceptors (Lipinski definition) is 8. The van der Waals surface area contributed by atoms with Gasteiger partial charge in [0, 0.05) is 52.9 Å². The van der Waals surface area contributed by atoms with Gasteiger partial charge in [-0.05, 0) is 56.9 Å². The lowest BCUT2D eigenvalue weighted by Gasteiger charge is -2.25. The van der Waals surface area contributed by atoms with E-state index in [0.717, 1.165) is 39.8 Å². The van der Waals surface area contributed by atoms with E-state index in [1.165, 1.54) is 0 Å². The van der Waals surface area contributed by atoms with Crippen molar-refractivity contribution in [1.82, 2.24) is 25.5 Å². The van der Waals surface area contributed by atoms with Crippen LogP contribution in [0, 0.1) is 13.8 Å². The Morgan fingerprint density at radius 1 is 1.02 bits per heavy atom. The molecule has 0 radical (unpaired) electrons. The number of nitrogens with one attached hydrogen (secondary N) is 2. The van der Waals surface area contributed by atoms with Gasteiger partial charge >= 0.3 is 0 Å². The summed E-state index contributed by atoms with van der Waals surface area (Å²) in [5.41, 5.74) is 3.80. The number of aliphatic hydroxyl groups excluding tert-OH is 1. The summed E-state index contributed by atoms with van der Waals surface area (Å²) in [4.78, 5) is 37.9. The number of carbonyl (C=O) groups excluding carboxylic acids is 2. The molecule has 2 aromatic carbocycles. The highest BCUT2D eigenvalue weighted by molar-refractivity contribution is 7.10. The second-order valence-electron chi connectivity index (χ2n) is 10.4. The van der Waals surface area contributed by atoms with Gasteiger partial charge in [0.05, 0.1) is 18.2 Å². The molecule has 1 saturated heterocycles. The van der Waals surface area contributed by atoms with Gasteiger partial charge in [-0.25, -0.2) is 9.97 Å². The topological polar surface area (TPSA) is 107 Å². The van der Waals surface area contributed by atoms with Crippen LogP contribution in [0.15, 0.2) is 65.4 Å². The maximum absolute atomic E-state index is 13.5. The number of aryl methyl sites for hydroxylation is 2. The van der Waals surface area contributed by atoms with Crippen LogP contribution < -0.4 is 10.6 Å². The molecule has 214 valence electrons. The number of amides is 2. The predicted molar refractivity (Wildman–Crippen MR) is 162 cm³/mol. The van der Waals surface area contributed by atoms with Crippen molar-refractivity contribution in [3.8, 4) is 0 Å². The molecule has 3 atom stereocenters. The molecule has 1 aliphatic rings. The van der Waals surface area contributed by atoms with E-state index in [0.29, 0.717) is 37.2 Å². The molecule has 5 rings (SSSR count). The van der Waals surface area contributed by atoms with Crippen LogP contribution in [0.1, 0.15) is 66.6 Å². The summed E-state index contributed by atoms with van der Waals surface area (Å²) in [6, 6.07) is 16.0. The van der Waals surface area contributed by atoms with Gasteiger partial charge in [0.1, 0.15) is 10.0 Å². The second-order valence-corrected chi connectivity index (χ2v) is 12.2. The van der Waals surface area contributed by atoms with E-state index in [2.05, 4.69) is 20.6 Å². The van der Waals surface area contributed by atoms with E-state index >= 15 is 0 Å². The van der Waals surface area contributed by atoms with Crippen LogP contribution in [0.2, 0.25) is 0 Å². The first-order chi connectivity index (χ1) is 19.9. The Morgan fingerprint density at radius 3 is 2.51 bits per heavy atom. The summed E-state index contributed by atoms with van der Waals surface area (Å²) in [6.45, 7) is 5.42. The summed E-state index contributed by atoms with van der Waals surface area (Å²) < 4.78 is 0. The molecule has 3 heterocycles. The van der Waals surface area contributed by atoms with E-state index in [1.807, 2.05) is 59.8 Å². The number of rotatable bonds is 11. The van der Waals surface area contributed by atoms with E-state index in [-0.39, 0.29) is 17.9 Å². The Labute approximate surface area is 248 Å². The molecule has 2 amide bonds. The highest BCUT2D eigenvalue weighted by atomic mass is 32.1. The van der Waals surface area contributed by atoms with Gasteiger partial charge in [0.25, 0.3) is 11.8 Å². The first kappa shape index (κ1) is 29.1. The average molecular weight is 590 g/mol. The maximum Gasteiger partial charge on any atom is 0.254 e. The molecule has 0 saturated carbocycles. The molecule has 1 unspecified atom stereocenters. The Balaban J connectivity index is 1.27. The first-order valence-corrected chi connectivity index (χ1v) is 15.6. The van der Waals surface area contributed by atoms with Crippen LogP contribution in [0.25, 0.3) is 0 Å². The fourth-order valence-electron chi connectivity index (χ4n) is 5.11. The number of likely N-dealkylation sites (tertiary alicyclic amines) is 1. The van der Waals surface area contributed by atoms with Gasteiger partial charge in [-0.1, -0.05) is 36.4 Å².